The van der Waals surface area contributed by atoms with Gasteiger partial charge >= 0.3 is 5.97 Å². The number of aromatic nitrogens is 1. The van der Waals surface area contributed by atoms with Gasteiger partial charge in [-0.1, -0.05) is 0 Å². The Bertz CT molecular complexity index is 567. The van der Waals surface area contributed by atoms with Gasteiger partial charge in [0.05, 0.1) is 6.61 Å². The van der Waals surface area contributed by atoms with Crippen molar-refractivity contribution in [2.24, 2.45) is 0 Å². The molecule has 0 saturated heterocycles. The van der Waals surface area contributed by atoms with Gasteiger partial charge in [0.1, 0.15) is 11.3 Å². The van der Waals surface area contributed by atoms with Crippen LogP contribution in [0.4, 0.5) is 5.69 Å². The van der Waals surface area contributed by atoms with Crippen molar-refractivity contribution < 1.29 is 14.3 Å². The fourth-order valence-corrected chi connectivity index (χ4v) is 1.48. The van der Waals surface area contributed by atoms with Crippen LogP contribution in [0.15, 0.2) is 42.6 Å². The first kappa shape index (κ1) is 12.9. The zero-order valence-electron chi connectivity index (χ0n) is 10.5. The minimum Gasteiger partial charge on any atom is -0.462 e. The average molecular weight is 258 g/mol. The van der Waals surface area contributed by atoms with Gasteiger partial charge in [0, 0.05) is 11.9 Å². The molecule has 0 unspecified atom stereocenters. The number of nitrogen functional groups attached to an aromatic ring is 1. The number of anilines is 1. The van der Waals surface area contributed by atoms with Crippen molar-refractivity contribution in [1.29, 1.82) is 0 Å². The summed E-state index contributed by atoms with van der Waals surface area (Å²) in [6.45, 7) is 2.05. The summed E-state index contributed by atoms with van der Waals surface area (Å²) in [6, 6.07) is 10.1. The minimum absolute atomic E-state index is 0.214. The van der Waals surface area contributed by atoms with Crippen LogP contribution in [0, 0.1) is 0 Å². The highest BCUT2D eigenvalue weighted by molar-refractivity contribution is 5.91. The monoisotopic (exact) mass is 258 g/mol. The Kier molecular flexibility index (Phi) is 3.97. The molecule has 2 rings (SSSR count). The number of hydrogen-bond acceptors (Lipinski definition) is 5. The minimum atomic E-state index is -0.457. The molecule has 2 N–H and O–H groups in total. The van der Waals surface area contributed by atoms with Gasteiger partial charge in [-0.15, -0.1) is 0 Å². The summed E-state index contributed by atoms with van der Waals surface area (Å²) in [7, 11) is 0. The number of carbonyl (C=O) groups is 1. The number of esters is 1. The van der Waals surface area contributed by atoms with Gasteiger partial charge in [-0.3, -0.25) is 0 Å². The Morgan fingerprint density at radius 2 is 2.00 bits per heavy atom. The molecule has 1 aromatic heterocycles. The van der Waals surface area contributed by atoms with Gasteiger partial charge in [-0.05, 0) is 43.3 Å². The summed E-state index contributed by atoms with van der Waals surface area (Å²) in [5, 5.41) is 0. The maximum absolute atomic E-state index is 11.7. The Hall–Kier alpha value is -2.56. The average Bonchev–Trinajstić information content (AvgIpc) is 2.42. The summed E-state index contributed by atoms with van der Waals surface area (Å²) in [5.41, 5.74) is 6.52. The molecule has 0 fully saturated rings. The first-order valence-electron chi connectivity index (χ1n) is 5.86. The van der Waals surface area contributed by atoms with E-state index in [1.807, 2.05) is 0 Å². The lowest BCUT2D eigenvalue weighted by atomic mass is 10.2. The van der Waals surface area contributed by atoms with E-state index in [0.717, 1.165) is 0 Å². The molecule has 1 heterocycles. The standard InChI is InChI=1S/C14H14N2O3/c1-2-18-14(17)12-4-3-9-16-13(12)19-11-7-5-10(15)6-8-11/h3-9H,2,15H2,1H3. The molecule has 0 spiro atoms. The Morgan fingerprint density at radius 3 is 2.68 bits per heavy atom. The number of rotatable bonds is 4. The highest BCUT2D eigenvalue weighted by atomic mass is 16.5. The number of nitrogens with two attached hydrogens (primary N) is 1. The maximum Gasteiger partial charge on any atom is 0.343 e. The number of pyridine rings is 1. The third kappa shape index (κ3) is 3.22. The zero-order valence-corrected chi connectivity index (χ0v) is 10.5. The molecule has 5 nitrogen and oxygen atoms in total. The van der Waals surface area contributed by atoms with Gasteiger partial charge in [0.15, 0.2) is 0 Å². The second kappa shape index (κ2) is 5.86. The lowest BCUT2D eigenvalue weighted by Crippen LogP contribution is -2.07. The molecule has 2 aromatic rings. The number of benzene rings is 1. The van der Waals surface area contributed by atoms with Crippen molar-refractivity contribution in [2.45, 2.75) is 6.92 Å². The van der Waals surface area contributed by atoms with Crippen LogP contribution in [-0.2, 0) is 4.74 Å². The largest absolute Gasteiger partial charge is 0.462 e. The van der Waals surface area contributed by atoms with Crippen molar-refractivity contribution in [3.63, 3.8) is 0 Å². The van der Waals surface area contributed by atoms with Crippen LogP contribution in [0.1, 0.15) is 17.3 Å². The van der Waals surface area contributed by atoms with Crippen molar-refractivity contribution >= 4 is 11.7 Å². The van der Waals surface area contributed by atoms with Gasteiger partial charge < -0.3 is 15.2 Å². The van der Waals surface area contributed by atoms with E-state index < -0.39 is 5.97 Å². The number of ether oxygens (including phenoxy) is 2. The van der Waals surface area contributed by atoms with Crippen LogP contribution in [0.3, 0.4) is 0 Å². The van der Waals surface area contributed by atoms with E-state index in [9.17, 15) is 4.79 Å². The molecule has 0 bridgehead atoms. The Balaban J connectivity index is 2.24. The smallest absolute Gasteiger partial charge is 0.343 e. The van der Waals surface area contributed by atoms with E-state index in [4.69, 9.17) is 15.2 Å². The van der Waals surface area contributed by atoms with Gasteiger partial charge in [0.2, 0.25) is 5.88 Å². The predicted molar refractivity (Wildman–Crippen MR) is 71.1 cm³/mol. The van der Waals surface area contributed by atoms with Gasteiger partial charge in [-0.25, -0.2) is 9.78 Å². The molecule has 0 atom stereocenters. The zero-order chi connectivity index (χ0) is 13.7. The predicted octanol–water partition coefficient (Wildman–Crippen LogP) is 2.63. The Morgan fingerprint density at radius 1 is 1.26 bits per heavy atom. The first-order chi connectivity index (χ1) is 9.20. The molecule has 0 aliphatic heterocycles. The third-order valence-corrected chi connectivity index (χ3v) is 2.36. The van der Waals surface area contributed by atoms with Gasteiger partial charge in [0.25, 0.3) is 0 Å². The Labute approximate surface area is 111 Å². The SMILES string of the molecule is CCOC(=O)c1cccnc1Oc1ccc(N)cc1. The maximum atomic E-state index is 11.7. The molecule has 0 radical (unpaired) electrons. The molecule has 0 aliphatic carbocycles. The lowest BCUT2D eigenvalue weighted by Gasteiger charge is -2.09. The quantitative estimate of drug-likeness (QED) is 0.674. The highest BCUT2D eigenvalue weighted by Gasteiger charge is 2.14. The van der Waals surface area contributed by atoms with E-state index in [1.54, 1.807) is 49.5 Å². The summed E-state index contributed by atoms with van der Waals surface area (Å²) in [4.78, 5) is 15.8. The number of carbonyl (C=O) groups excluding carboxylic acids is 1. The van der Waals surface area contributed by atoms with Crippen molar-refractivity contribution in [2.75, 3.05) is 12.3 Å². The third-order valence-electron chi connectivity index (χ3n) is 2.36. The van der Waals surface area contributed by atoms with Crippen LogP contribution in [0.25, 0.3) is 0 Å². The molecule has 0 amide bonds. The molecule has 5 heteroatoms. The molecule has 98 valence electrons. The summed E-state index contributed by atoms with van der Waals surface area (Å²) < 4.78 is 10.5. The van der Waals surface area contributed by atoms with E-state index >= 15 is 0 Å². The van der Waals surface area contributed by atoms with E-state index in [2.05, 4.69) is 4.98 Å². The first-order valence-corrected chi connectivity index (χ1v) is 5.86. The van der Waals surface area contributed by atoms with Crippen molar-refractivity contribution in [3.05, 3.63) is 48.2 Å². The van der Waals surface area contributed by atoms with E-state index in [1.165, 1.54) is 0 Å². The van der Waals surface area contributed by atoms with Crippen LogP contribution in [0.5, 0.6) is 11.6 Å². The number of hydrogen-bond donors (Lipinski definition) is 1. The molecule has 19 heavy (non-hydrogen) atoms. The summed E-state index contributed by atoms with van der Waals surface area (Å²) in [5.74, 6) is 0.310. The summed E-state index contributed by atoms with van der Waals surface area (Å²) >= 11 is 0. The lowest BCUT2D eigenvalue weighted by molar-refractivity contribution is 0.0522. The van der Waals surface area contributed by atoms with E-state index in [0.29, 0.717) is 23.6 Å². The van der Waals surface area contributed by atoms with Gasteiger partial charge in [-0.2, -0.15) is 0 Å². The normalized spacial score (nSPS) is 9.95. The summed E-state index contributed by atoms with van der Waals surface area (Å²) in [6.07, 6.45) is 1.55. The van der Waals surface area contributed by atoms with Crippen LogP contribution >= 0.6 is 0 Å². The second-order valence-electron chi connectivity index (χ2n) is 3.75. The molecule has 1 aromatic carbocycles. The molecule has 0 saturated carbocycles. The van der Waals surface area contributed by atoms with Crippen LogP contribution in [-0.4, -0.2) is 17.6 Å². The van der Waals surface area contributed by atoms with E-state index in [-0.39, 0.29) is 5.88 Å². The molecule has 0 aliphatic rings. The fourth-order valence-electron chi connectivity index (χ4n) is 1.48. The second-order valence-corrected chi connectivity index (χ2v) is 3.75. The van der Waals surface area contributed by atoms with Crippen molar-refractivity contribution in [3.8, 4) is 11.6 Å². The topological polar surface area (TPSA) is 74.4 Å². The molecular weight excluding hydrogens is 244 g/mol. The van der Waals surface area contributed by atoms with Crippen molar-refractivity contribution in [1.82, 2.24) is 4.98 Å². The highest BCUT2D eigenvalue weighted by Crippen LogP contribution is 2.24. The number of nitrogens with zero attached hydrogens (tertiary/aromatic N) is 1. The molecular formula is C14H14N2O3. The van der Waals surface area contributed by atoms with Crippen LogP contribution in [0.2, 0.25) is 0 Å². The fraction of sp³-hybridized carbons (Fsp3) is 0.143. The van der Waals surface area contributed by atoms with Crippen LogP contribution < -0.4 is 10.5 Å².